The molecule has 3 nitrogen and oxygen atoms in total. The van der Waals surface area contributed by atoms with Gasteiger partial charge in [-0.25, -0.2) is 0 Å². The van der Waals surface area contributed by atoms with Crippen LogP contribution in [0.15, 0.2) is 212 Å². The normalized spacial score (nSPS) is 12.1. The van der Waals surface area contributed by atoms with Crippen LogP contribution in [0.3, 0.4) is 0 Å². The predicted molar refractivity (Wildman–Crippen MR) is 254 cm³/mol. The van der Waals surface area contributed by atoms with Crippen LogP contribution in [0.4, 0.5) is 0 Å². The first kappa shape index (κ1) is 33.1. The van der Waals surface area contributed by atoms with Gasteiger partial charge in [0, 0.05) is 54.8 Å². The van der Waals surface area contributed by atoms with Crippen molar-refractivity contribution in [2.75, 3.05) is 0 Å². The van der Waals surface area contributed by atoms with E-state index in [2.05, 4.69) is 226 Å². The van der Waals surface area contributed by atoms with Gasteiger partial charge in [-0.3, -0.25) is 0 Å². The molecule has 10 aromatic carbocycles. The topological polar surface area (TPSA) is 14.8 Å². The number of para-hydroxylation sites is 5. The fraction of sp³-hybridized carbons (Fsp3) is 0.0175. The van der Waals surface area contributed by atoms with Gasteiger partial charge < -0.3 is 13.7 Å². The smallest absolute Gasteiger partial charge is 0.0641 e. The van der Waals surface area contributed by atoms with Gasteiger partial charge in [0.05, 0.1) is 33.1 Å². The number of rotatable bonds is 5. The van der Waals surface area contributed by atoms with E-state index >= 15 is 0 Å². The number of nitrogens with zero attached hydrogens (tertiary/aromatic N) is 3. The van der Waals surface area contributed by atoms with Crippen LogP contribution in [0, 0.1) is 0 Å². The Kier molecular flexibility index (Phi) is 7.07. The van der Waals surface area contributed by atoms with Crippen molar-refractivity contribution in [2.45, 2.75) is 6.42 Å². The predicted octanol–water partition coefficient (Wildman–Crippen LogP) is 14.9. The lowest BCUT2D eigenvalue weighted by Crippen LogP contribution is -1.98. The maximum atomic E-state index is 2.47. The lowest BCUT2D eigenvalue weighted by atomic mass is 9.92. The minimum Gasteiger partial charge on any atom is -0.309 e. The van der Waals surface area contributed by atoms with Crippen molar-refractivity contribution in [3.63, 3.8) is 0 Å². The van der Waals surface area contributed by atoms with Crippen LogP contribution in [0.25, 0.3) is 104 Å². The Hall–Kier alpha value is -7.88. The third-order valence-corrected chi connectivity index (χ3v) is 12.8. The van der Waals surface area contributed by atoms with Crippen LogP contribution in [-0.2, 0) is 6.42 Å². The Labute approximate surface area is 346 Å². The average molecular weight is 764 g/mol. The summed E-state index contributed by atoms with van der Waals surface area (Å²) in [5, 5.41) is 12.7. The highest BCUT2D eigenvalue weighted by molar-refractivity contribution is 6.27. The van der Waals surface area contributed by atoms with Gasteiger partial charge in [-0.1, -0.05) is 152 Å². The summed E-state index contributed by atoms with van der Waals surface area (Å²) in [7, 11) is 0. The van der Waals surface area contributed by atoms with Gasteiger partial charge in [0.1, 0.15) is 0 Å². The van der Waals surface area contributed by atoms with Crippen molar-refractivity contribution in [3.05, 3.63) is 223 Å². The van der Waals surface area contributed by atoms with Crippen molar-refractivity contribution < 1.29 is 0 Å². The third-order valence-electron chi connectivity index (χ3n) is 12.8. The second-order valence-electron chi connectivity index (χ2n) is 16.1. The Bertz CT molecular complexity index is 3850. The average Bonchev–Trinajstić information content (AvgIpc) is 3.95. The van der Waals surface area contributed by atoms with Crippen molar-refractivity contribution in [3.8, 4) is 17.1 Å². The van der Waals surface area contributed by atoms with Crippen LogP contribution < -0.4 is 0 Å². The van der Waals surface area contributed by atoms with E-state index in [-0.39, 0.29) is 0 Å². The molecule has 60 heavy (non-hydrogen) atoms. The third kappa shape index (κ3) is 4.72. The second kappa shape index (κ2) is 12.8. The molecule has 3 heteroatoms. The van der Waals surface area contributed by atoms with Gasteiger partial charge in [-0.2, -0.15) is 0 Å². The Morgan fingerprint density at radius 2 is 0.783 bits per heavy atom. The summed E-state index contributed by atoms with van der Waals surface area (Å²) < 4.78 is 7.39. The maximum Gasteiger partial charge on any atom is 0.0641 e. The number of hydrogen-bond acceptors (Lipinski definition) is 0. The van der Waals surface area contributed by atoms with E-state index in [1.54, 1.807) is 0 Å². The Morgan fingerprint density at radius 1 is 0.283 bits per heavy atom. The molecule has 0 spiro atoms. The highest BCUT2D eigenvalue weighted by Gasteiger charge is 2.22. The minimum atomic E-state index is 0.813. The van der Waals surface area contributed by atoms with Crippen LogP contribution in [-0.4, -0.2) is 13.7 Å². The molecule has 280 valence electrons. The summed E-state index contributed by atoms with van der Waals surface area (Å²) >= 11 is 0. The van der Waals surface area contributed by atoms with Gasteiger partial charge in [0.15, 0.2) is 0 Å². The van der Waals surface area contributed by atoms with E-state index < -0.39 is 0 Å². The first-order valence-corrected chi connectivity index (χ1v) is 20.8. The summed E-state index contributed by atoms with van der Waals surface area (Å²) in [5.74, 6) is 0. The first-order chi connectivity index (χ1) is 29.8. The van der Waals surface area contributed by atoms with Crippen molar-refractivity contribution in [2.24, 2.45) is 0 Å². The van der Waals surface area contributed by atoms with Crippen LogP contribution in [0.5, 0.6) is 0 Å². The summed E-state index contributed by atoms with van der Waals surface area (Å²) in [6.07, 6.45) is 0.813. The zero-order chi connectivity index (χ0) is 39.3. The van der Waals surface area contributed by atoms with Gasteiger partial charge in [0.2, 0.25) is 0 Å². The molecule has 0 amide bonds. The molecule has 0 N–H and O–H groups in total. The SMILES string of the molecule is c1ccc(-n2c3ccccc3c3ccc4cc(Cc5cccc(-n6c7ccccc7c7c6ccc6c8ccccc8n(-c8ccccc8)c67)c5)c5ccccc5c4c32)cc1. The van der Waals surface area contributed by atoms with Gasteiger partial charge in [0.25, 0.3) is 0 Å². The molecule has 0 bridgehead atoms. The van der Waals surface area contributed by atoms with E-state index in [9.17, 15) is 0 Å². The van der Waals surface area contributed by atoms with Crippen LogP contribution >= 0.6 is 0 Å². The van der Waals surface area contributed by atoms with E-state index in [0.29, 0.717) is 0 Å². The number of hydrogen-bond donors (Lipinski definition) is 0. The van der Waals surface area contributed by atoms with Gasteiger partial charge in [-0.05, 0) is 94.4 Å². The van der Waals surface area contributed by atoms with Crippen LogP contribution in [0.2, 0.25) is 0 Å². The fourth-order valence-electron chi connectivity index (χ4n) is 10.4. The molecule has 0 fully saturated rings. The first-order valence-electron chi connectivity index (χ1n) is 20.8. The highest BCUT2D eigenvalue weighted by atomic mass is 15.0. The number of aromatic nitrogens is 3. The molecule has 0 saturated heterocycles. The molecule has 0 aliphatic carbocycles. The molecule has 3 heterocycles. The van der Waals surface area contributed by atoms with Crippen molar-refractivity contribution >= 4 is 87.0 Å². The molecule has 13 rings (SSSR count). The quantitative estimate of drug-likeness (QED) is 0.155. The molecule has 0 radical (unpaired) electrons. The molecule has 0 atom stereocenters. The largest absolute Gasteiger partial charge is 0.309 e. The highest BCUT2D eigenvalue weighted by Crippen LogP contribution is 2.43. The zero-order valence-corrected chi connectivity index (χ0v) is 32.8. The summed E-state index contributed by atoms with van der Waals surface area (Å²) in [6, 6.07) is 78.1. The Morgan fingerprint density at radius 3 is 1.43 bits per heavy atom. The lowest BCUT2D eigenvalue weighted by Gasteiger charge is -2.15. The lowest BCUT2D eigenvalue weighted by molar-refractivity contribution is 1.14. The molecular formula is C57H37N3. The van der Waals surface area contributed by atoms with Gasteiger partial charge >= 0.3 is 0 Å². The summed E-state index contributed by atoms with van der Waals surface area (Å²) in [6.45, 7) is 0. The van der Waals surface area contributed by atoms with Gasteiger partial charge in [-0.15, -0.1) is 0 Å². The second-order valence-corrected chi connectivity index (χ2v) is 16.1. The maximum absolute atomic E-state index is 2.47. The van der Waals surface area contributed by atoms with Crippen molar-refractivity contribution in [1.82, 2.24) is 13.7 Å². The molecule has 0 aliphatic heterocycles. The molecule has 0 unspecified atom stereocenters. The minimum absolute atomic E-state index is 0.813. The molecule has 0 saturated carbocycles. The number of benzene rings is 10. The van der Waals surface area contributed by atoms with E-state index in [1.807, 2.05) is 0 Å². The standard InChI is InChI=1S/C57H37N3/c1-3-17-40(18-4-1)59-50-27-12-9-23-44(50)47-31-30-38-36-39(43-22-7-8-25-46(43)54(38)56(47)59)34-37-16-15-21-42(35-37)58-52-29-14-11-26-49(52)55-53(58)33-32-48-45-24-10-13-28-51(45)60(57(48)55)41-19-5-2-6-20-41/h1-33,35-36H,34H2. The fourth-order valence-corrected chi connectivity index (χ4v) is 10.4. The van der Waals surface area contributed by atoms with E-state index in [0.717, 1.165) is 6.42 Å². The van der Waals surface area contributed by atoms with Crippen molar-refractivity contribution in [1.29, 1.82) is 0 Å². The van der Waals surface area contributed by atoms with E-state index in [1.165, 1.54) is 115 Å². The number of fused-ring (bicyclic) bond motifs is 14. The summed E-state index contributed by atoms with van der Waals surface area (Å²) in [4.78, 5) is 0. The summed E-state index contributed by atoms with van der Waals surface area (Å²) in [5.41, 5.74) is 13.5. The van der Waals surface area contributed by atoms with E-state index in [4.69, 9.17) is 0 Å². The Balaban J connectivity index is 1.01. The van der Waals surface area contributed by atoms with Crippen LogP contribution in [0.1, 0.15) is 11.1 Å². The zero-order valence-electron chi connectivity index (χ0n) is 32.8. The molecule has 3 aromatic heterocycles. The monoisotopic (exact) mass is 763 g/mol. The molecular weight excluding hydrogens is 727 g/mol. The molecule has 0 aliphatic rings. The molecule has 13 aromatic rings.